The van der Waals surface area contributed by atoms with Crippen molar-refractivity contribution in [2.24, 2.45) is 5.41 Å². The van der Waals surface area contributed by atoms with E-state index in [4.69, 9.17) is 0 Å². The zero-order valence-corrected chi connectivity index (χ0v) is 10.5. The molecule has 96 valence electrons. The Morgan fingerprint density at radius 1 is 1.32 bits per heavy atom. The summed E-state index contributed by atoms with van der Waals surface area (Å²) in [7, 11) is 0. The third kappa shape index (κ3) is 1.87. The summed E-state index contributed by atoms with van der Waals surface area (Å²) in [5.74, 6) is -0.798. The van der Waals surface area contributed by atoms with Crippen LogP contribution in [0.2, 0.25) is 0 Å². The maximum Gasteiger partial charge on any atom is 0.318 e. The number of hydrogen-bond acceptors (Lipinski definition) is 2. The normalized spacial score (nSPS) is 24.2. The van der Waals surface area contributed by atoms with E-state index in [1.807, 2.05) is 48.6 Å². The summed E-state index contributed by atoms with van der Waals surface area (Å²) >= 11 is 0. The predicted molar refractivity (Wildman–Crippen MR) is 73.5 cm³/mol. The van der Waals surface area contributed by atoms with Crippen molar-refractivity contribution in [3.8, 4) is 0 Å². The van der Waals surface area contributed by atoms with E-state index in [9.17, 15) is 9.90 Å². The molecular weight excluding hydrogens is 238 g/mol. The van der Waals surface area contributed by atoms with Crippen molar-refractivity contribution < 1.29 is 9.90 Å². The average Bonchev–Trinajstić information content (AvgIpc) is 2.89. The molecular formula is C16H15NO2. The second kappa shape index (κ2) is 4.43. The zero-order chi connectivity index (χ0) is 13.3. The molecule has 0 saturated heterocycles. The van der Waals surface area contributed by atoms with Crippen LogP contribution in [0.1, 0.15) is 5.56 Å². The van der Waals surface area contributed by atoms with Gasteiger partial charge in [0.25, 0.3) is 0 Å². The molecule has 0 fully saturated rings. The number of allylic oxidation sites excluding steroid dienone is 3. The quantitative estimate of drug-likeness (QED) is 0.869. The van der Waals surface area contributed by atoms with Gasteiger partial charge >= 0.3 is 5.97 Å². The molecule has 1 aliphatic carbocycles. The van der Waals surface area contributed by atoms with E-state index < -0.39 is 11.4 Å². The molecule has 1 aromatic carbocycles. The summed E-state index contributed by atoms with van der Waals surface area (Å²) in [5, 5.41) is 13.0. The molecule has 1 atom stereocenters. The Hall–Kier alpha value is -2.29. The molecule has 0 radical (unpaired) electrons. The highest BCUT2D eigenvalue weighted by molar-refractivity contribution is 5.84. The Bertz CT molecular complexity index is 598. The lowest BCUT2D eigenvalue weighted by Gasteiger charge is -2.30. The fourth-order valence-electron chi connectivity index (χ4n) is 2.77. The van der Waals surface area contributed by atoms with Crippen LogP contribution in [-0.4, -0.2) is 17.6 Å². The van der Waals surface area contributed by atoms with E-state index in [0.29, 0.717) is 13.0 Å². The molecule has 1 heterocycles. The highest BCUT2D eigenvalue weighted by atomic mass is 16.4. The van der Waals surface area contributed by atoms with Crippen molar-refractivity contribution in [1.29, 1.82) is 0 Å². The molecule has 2 aliphatic rings. The fraction of sp³-hybridized carbons (Fsp3) is 0.188. The molecule has 0 aromatic heterocycles. The van der Waals surface area contributed by atoms with Gasteiger partial charge < -0.3 is 10.4 Å². The van der Waals surface area contributed by atoms with Crippen LogP contribution in [0, 0.1) is 5.41 Å². The number of nitrogens with one attached hydrogen (secondary N) is 1. The molecule has 3 heteroatoms. The van der Waals surface area contributed by atoms with Gasteiger partial charge in [-0.3, -0.25) is 4.79 Å². The highest BCUT2D eigenvalue weighted by Gasteiger charge is 2.43. The van der Waals surface area contributed by atoms with Gasteiger partial charge in [-0.25, -0.2) is 0 Å². The van der Waals surface area contributed by atoms with Gasteiger partial charge in [0.05, 0.1) is 0 Å². The van der Waals surface area contributed by atoms with E-state index in [2.05, 4.69) is 5.32 Å². The minimum absolute atomic E-state index is 0.477. The summed E-state index contributed by atoms with van der Waals surface area (Å²) < 4.78 is 0. The first-order chi connectivity index (χ1) is 9.22. The Morgan fingerprint density at radius 3 is 2.84 bits per heavy atom. The summed E-state index contributed by atoms with van der Waals surface area (Å²) in [6.45, 7) is 0.701. The predicted octanol–water partition coefficient (Wildman–Crippen LogP) is 2.28. The minimum Gasteiger partial charge on any atom is -0.480 e. The number of aliphatic carboxylic acids is 1. The van der Waals surface area contributed by atoms with Gasteiger partial charge in [-0.2, -0.15) is 0 Å². The maximum atomic E-state index is 11.9. The third-order valence-corrected chi connectivity index (χ3v) is 3.72. The Morgan fingerprint density at radius 2 is 2.11 bits per heavy atom. The van der Waals surface area contributed by atoms with Crippen LogP contribution in [0.15, 0.2) is 65.9 Å². The molecule has 1 unspecified atom stereocenters. The monoisotopic (exact) mass is 253 g/mol. The van der Waals surface area contributed by atoms with Gasteiger partial charge in [0.2, 0.25) is 0 Å². The van der Waals surface area contributed by atoms with Crippen LogP contribution in [0.3, 0.4) is 0 Å². The molecule has 1 aliphatic heterocycles. The first-order valence-electron chi connectivity index (χ1n) is 6.34. The van der Waals surface area contributed by atoms with Gasteiger partial charge in [-0.15, -0.1) is 0 Å². The number of carboxylic acids is 1. The number of benzene rings is 1. The summed E-state index contributed by atoms with van der Waals surface area (Å²) in [5.41, 5.74) is 1.89. The Labute approximate surface area is 112 Å². The average molecular weight is 253 g/mol. The van der Waals surface area contributed by atoms with Crippen molar-refractivity contribution in [2.75, 3.05) is 6.54 Å². The van der Waals surface area contributed by atoms with Crippen LogP contribution >= 0.6 is 0 Å². The standard InChI is InChI=1S/C16H15NO2/c18-15(19)16(11-12-5-2-1-3-6-12)9-4-7-14-13(16)8-10-17-14/h1-9,17H,10-11H2,(H,18,19). The SMILES string of the molecule is O=C(O)C1(Cc2ccccc2)C=CC=C2NCC=C21. The van der Waals surface area contributed by atoms with Crippen LogP contribution in [0.5, 0.6) is 0 Å². The van der Waals surface area contributed by atoms with Gasteiger partial charge in [0.15, 0.2) is 0 Å². The molecule has 2 N–H and O–H groups in total. The first kappa shape index (κ1) is 11.8. The molecule has 3 nitrogen and oxygen atoms in total. The molecule has 0 spiro atoms. The maximum absolute atomic E-state index is 11.9. The van der Waals surface area contributed by atoms with Crippen molar-refractivity contribution in [2.45, 2.75) is 6.42 Å². The zero-order valence-electron chi connectivity index (χ0n) is 10.5. The van der Waals surface area contributed by atoms with Crippen LogP contribution in [-0.2, 0) is 11.2 Å². The third-order valence-electron chi connectivity index (χ3n) is 3.72. The van der Waals surface area contributed by atoms with Gasteiger partial charge in [0, 0.05) is 12.2 Å². The molecule has 19 heavy (non-hydrogen) atoms. The van der Waals surface area contributed by atoms with Crippen LogP contribution in [0.4, 0.5) is 0 Å². The van der Waals surface area contributed by atoms with Gasteiger partial charge in [-0.05, 0) is 23.6 Å². The number of hydrogen-bond donors (Lipinski definition) is 2. The fourth-order valence-corrected chi connectivity index (χ4v) is 2.77. The van der Waals surface area contributed by atoms with Crippen LogP contribution in [0.25, 0.3) is 0 Å². The van der Waals surface area contributed by atoms with E-state index in [0.717, 1.165) is 16.8 Å². The van der Waals surface area contributed by atoms with Crippen LogP contribution < -0.4 is 5.32 Å². The van der Waals surface area contributed by atoms with Crippen molar-refractivity contribution in [3.05, 3.63) is 71.5 Å². The highest BCUT2D eigenvalue weighted by Crippen LogP contribution is 2.41. The lowest BCUT2D eigenvalue weighted by atomic mass is 9.72. The van der Waals surface area contributed by atoms with E-state index in [1.54, 1.807) is 6.08 Å². The number of carbonyl (C=O) groups is 1. The van der Waals surface area contributed by atoms with Crippen molar-refractivity contribution in [3.63, 3.8) is 0 Å². The number of fused-ring (bicyclic) bond motifs is 1. The van der Waals surface area contributed by atoms with Gasteiger partial charge in [0.1, 0.15) is 5.41 Å². The van der Waals surface area contributed by atoms with Crippen molar-refractivity contribution in [1.82, 2.24) is 5.32 Å². The lowest BCUT2D eigenvalue weighted by Crippen LogP contribution is -2.35. The van der Waals surface area contributed by atoms with Crippen molar-refractivity contribution >= 4 is 5.97 Å². The second-order valence-electron chi connectivity index (χ2n) is 4.88. The van der Waals surface area contributed by atoms with E-state index in [1.165, 1.54) is 0 Å². The smallest absolute Gasteiger partial charge is 0.318 e. The topological polar surface area (TPSA) is 49.3 Å². The van der Waals surface area contributed by atoms with E-state index >= 15 is 0 Å². The molecule has 0 bridgehead atoms. The molecule has 1 aromatic rings. The summed E-state index contributed by atoms with van der Waals surface area (Å²) in [6.07, 6.45) is 8.02. The number of carboxylic acid groups (broad SMARTS) is 1. The molecule has 0 saturated carbocycles. The Balaban J connectivity index is 2.04. The molecule has 3 rings (SSSR count). The first-order valence-corrected chi connectivity index (χ1v) is 6.34. The summed E-state index contributed by atoms with van der Waals surface area (Å²) in [4.78, 5) is 11.9. The number of rotatable bonds is 3. The van der Waals surface area contributed by atoms with E-state index in [-0.39, 0.29) is 0 Å². The minimum atomic E-state index is -0.949. The second-order valence-corrected chi connectivity index (χ2v) is 4.88. The molecule has 0 amide bonds. The van der Waals surface area contributed by atoms with Gasteiger partial charge in [-0.1, -0.05) is 48.6 Å². The largest absolute Gasteiger partial charge is 0.480 e. The summed E-state index contributed by atoms with van der Waals surface area (Å²) in [6, 6.07) is 9.76. The Kier molecular flexibility index (Phi) is 2.75. The lowest BCUT2D eigenvalue weighted by molar-refractivity contribution is -0.144.